The van der Waals surface area contributed by atoms with Crippen molar-refractivity contribution in [2.75, 3.05) is 25.0 Å². The van der Waals surface area contributed by atoms with Gasteiger partial charge in [-0.1, -0.05) is 18.2 Å². The van der Waals surface area contributed by atoms with Crippen LogP contribution in [0.15, 0.2) is 54.9 Å². The monoisotopic (exact) mass is 325 g/mol. The Morgan fingerprint density at radius 1 is 1.00 bits per heavy atom. The Labute approximate surface area is 142 Å². The number of hydrogen-bond donors (Lipinski definition) is 0. The molecule has 1 heterocycles. The fraction of sp³-hybridized carbons (Fsp3) is 0.316. The number of amides is 2. The Morgan fingerprint density at radius 3 is 2.29 bits per heavy atom. The number of anilines is 1. The average molecular weight is 325 g/mol. The van der Waals surface area contributed by atoms with E-state index in [1.54, 1.807) is 29.2 Å². The maximum Gasteiger partial charge on any atom is 0.224 e. The van der Waals surface area contributed by atoms with Crippen molar-refractivity contribution in [2.45, 2.75) is 19.8 Å². The summed E-state index contributed by atoms with van der Waals surface area (Å²) in [5.41, 5.74) is 1.97. The van der Waals surface area contributed by atoms with Crippen LogP contribution in [0.1, 0.15) is 18.9 Å². The summed E-state index contributed by atoms with van der Waals surface area (Å²) in [6.07, 6.45) is 4.60. The number of rotatable bonds is 7. The fourth-order valence-electron chi connectivity index (χ4n) is 2.45. The lowest BCUT2D eigenvalue weighted by atomic mass is 10.2. The van der Waals surface area contributed by atoms with Gasteiger partial charge < -0.3 is 9.80 Å². The van der Waals surface area contributed by atoms with E-state index < -0.39 is 0 Å². The topological polar surface area (TPSA) is 53.5 Å². The Bertz CT molecular complexity index is 659. The summed E-state index contributed by atoms with van der Waals surface area (Å²) in [4.78, 5) is 31.5. The number of pyridine rings is 1. The van der Waals surface area contributed by atoms with Crippen LogP contribution in [0, 0.1) is 0 Å². The highest BCUT2D eigenvalue weighted by Crippen LogP contribution is 2.14. The van der Waals surface area contributed by atoms with Crippen LogP contribution in [0.4, 0.5) is 5.69 Å². The summed E-state index contributed by atoms with van der Waals surface area (Å²) in [6, 6.07) is 13.3. The summed E-state index contributed by atoms with van der Waals surface area (Å²) in [6.45, 7) is 2.55. The van der Waals surface area contributed by atoms with Gasteiger partial charge in [-0.3, -0.25) is 14.6 Å². The molecule has 0 aliphatic rings. The molecular weight excluding hydrogens is 302 g/mol. The first-order chi connectivity index (χ1) is 11.6. The number of hydrogen-bond acceptors (Lipinski definition) is 3. The highest BCUT2D eigenvalue weighted by molar-refractivity contribution is 5.92. The molecule has 0 aliphatic carbocycles. The summed E-state index contributed by atoms with van der Waals surface area (Å²) in [5.74, 6) is -0.0281. The fourth-order valence-corrected chi connectivity index (χ4v) is 2.45. The number of nitrogens with zero attached hydrogens (tertiary/aromatic N) is 3. The first-order valence-corrected chi connectivity index (χ1v) is 8.04. The van der Waals surface area contributed by atoms with Crippen LogP contribution in [-0.4, -0.2) is 41.8 Å². The molecule has 0 atom stereocenters. The number of aromatic nitrogens is 1. The van der Waals surface area contributed by atoms with Gasteiger partial charge in [0.1, 0.15) is 0 Å². The SMILES string of the molecule is CC(=O)N(CCC(=O)N(C)CCc1ccncc1)c1ccccc1. The minimum atomic E-state index is -0.0616. The molecule has 0 spiro atoms. The summed E-state index contributed by atoms with van der Waals surface area (Å²) < 4.78 is 0. The normalized spacial score (nSPS) is 10.2. The Hall–Kier alpha value is -2.69. The van der Waals surface area contributed by atoms with Crippen molar-refractivity contribution in [2.24, 2.45) is 0 Å². The lowest BCUT2D eigenvalue weighted by Crippen LogP contribution is -2.35. The minimum absolute atomic E-state index is 0.0336. The van der Waals surface area contributed by atoms with Crippen LogP contribution in [0.5, 0.6) is 0 Å². The van der Waals surface area contributed by atoms with Gasteiger partial charge in [-0.15, -0.1) is 0 Å². The van der Waals surface area contributed by atoms with Crippen molar-refractivity contribution < 1.29 is 9.59 Å². The Morgan fingerprint density at radius 2 is 1.67 bits per heavy atom. The Balaban J connectivity index is 1.85. The molecule has 0 radical (unpaired) electrons. The van der Waals surface area contributed by atoms with E-state index in [0.717, 1.165) is 17.7 Å². The lowest BCUT2D eigenvalue weighted by Gasteiger charge is -2.23. The van der Waals surface area contributed by atoms with Crippen molar-refractivity contribution in [1.82, 2.24) is 9.88 Å². The third-order valence-electron chi connectivity index (χ3n) is 3.91. The second-order valence-electron chi connectivity index (χ2n) is 5.68. The van der Waals surface area contributed by atoms with Gasteiger partial charge in [0.05, 0.1) is 0 Å². The molecule has 0 saturated carbocycles. The zero-order chi connectivity index (χ0) is 17.4. The standard InChI is InChI=1S/C19H23N3O2/c1-16(23)22(18-6-4-3-5-7-18)15-11-19(24)21(2)14-10-17-8-12-20-13-9-17/h3-9,12-13H,10-11,14-15H2,1-2H3. The van der Waals surface area contributed by atoms with E-state index >= 15 is 0 Å². The van der Waals surface area contributed by atoms with E-state index in [9.17, 15) is 9.59 Å². The first-order valence-electron chi connectivity index (χ1n) is 8.04. The van der Waals surface area contributed by atoms with Crippen LogP contribution in [-0.2, 0) is 16.0 Å². The van der Waals surface area contributed by atoms with Crippen LogP contribution in [0.25, 0.3) is 0 Å². The zero-order valence-corrected chi connectivity index (χ0v) is 14.2. The maximum atomic E-state index is 12.3. The molecule has 2 aromatic rings. The summed E-state index contributed by atoms with van der Waals surface area (Å²) in [7, 11) is 1.80. The molecule has 1 aromatic carbocycles. The molecule has 0 aliphatic heterocycles. The van der Waals surface area contributed by atoms with Gasteiger partial charge in [-0.25, -0.2) is 0 Å². The largest absolute Gasteiger partial charge is 0.345 e. The molecule has 0 unspecified atom stereocenters. The van der Waals surface area contributed by atoms with Crippen molar-refractivity contribution in [3.63, 3.8) is 0 Å². The molecule has 0 bridgehead atoms. The van der Waals surface area contributed by atoms with Crippen LogP contribution in [0.2, 0.25) is 0 Å². The van der Waals surface area contributed by atoms with Gasteiger partial charge in [0.15, 0.2) is 0 Å². The van der Waals surface area contributed by atoms with E-state index in [-0.39, 0.29) is 11.8 Å². The van der Waals surface area contributed by atoms with Crippen LogP contribution >= 0.6 is 0 Å². The van der Waals surface area contributed by atoms with E-state index in [1.807, 2.05) is 42.5 Å². The smallest absolute Gasteiger partial charge is 0.224 e. The molecule has 5 heteroatoms. The minimum Gasteiger partial charge on any atom is -0.345 e. The van der Waals surface area contributed by atoms with Gasteiger partial charge >= 0.3 is 0 Å². The lowest BCUT2D eigenvalue weighted by molar-refractivity contribution is -0.129. The van der Waals surface area contributed by atoms with Crippen LogP contribution in [0.3, 0.4) is 0 Å². The van der Waals surface area contributed by atoms with E-state index in [1.165, 1.54) is 6.92 Å². The number of carbonyl (C=O) groups is 2. The van der Waals surface area contributed by atoms with Gasteiger partial charge in [0, 0.05) is 51.6 Å². The van der Waals surface area contributed by atoms with E-state index in [4.69, 9.17) is 0 Å². The first kappa shape index (κ1) is 17.7. The summed E-state index contributed by atoms with van der Waals surface area (Å²) >= 11 is 0. The second kappa shape index (κ2) is 8.82. The number of carbonyl (C=O) groups excluding carboxylic acids is 2. The third-order valence-corrected chi connectivity index (χ3v) is 3.91. The molecule has 1 aromatic heterocycles. The molecule has 2 amide bonds. The van der Waals surface area contributed by atoms with Gasteiger partial charge in [0.25, 0.3) is 0 Å². The molecule has 0 fully saturated rings. The van der Waals surface area contributed by atoms with E-state index in [0.29, 0.717) is 19.5 Å². The molecule has 0 saturated heterocycles. The quantitative estimate of drug-likeness (QED) is 0.786. The third kappa shape index (κ3) is 5.19. The molecular formula is C19H23N3O2. The zero-order valence-electron chi connectivity index (χ0n) is 14.2. The molecule has 2 rings (SSSR count). The van der Waals surface area contributed by atoms with Gasteiger partial charge in [0.2, 0.25) is 11.8 Å². The van der Waals surface area contributed by atoms with Gasteiger partial charge in [-0.2, -0.15) is 0 Å². The van der Waals surface area contributed by atoms with Gasteiger partial charge in [-0.05, 0) is 36.2 Å². The Kier molecular flexibility index (Phi) is 6.49. The van der Waals surface area contributed by atoms with Crippen molar-refractivity contribution >= 4 is 17.5 Å². The maximum absolute atomic E-state index is 12.3. The highest BCUT2D eigenvalue weighted by atomic mass is 16.2. The van der Waals surface area contributed by atoms with Crippen molar-refractivity contribution in [3.8, 4) is 0 Å². The summed E-state index contributed by atoms with van der Waals surface area (Å²) in [5, 5.41) is 0. The number of benzene rings is 1. The average Bonchev–Trinajstić information content (AvgIpc) is 2.61. The molecule has 24 heavy (non-hydrogen) atoms. The predicted molar refractivity (Wildman–Crippen MR) is 94.7 cm³/mol. The predicted octanol–water partition coefficient (Wildman–Crippen LogP) is 2.53. The highest BCUT2D eigenvalue weighted by Gasteiger charge is 2.15. The van der Waals surface area contributed by atoms with Crippen LogP contribution < -0.4 is 4.90 Å². The van der Waals surface area contributed by atoms with Crippen molar-refractivity contribution in [1.29, 1.82) is 0 Å². The number of likely N-dealkylation sites (N-methyl/N-ethyl adjacent to an activating group) is 1. The molecule has 126 valence electrons. The number of para-hydroxylation sites is 1. The second-order valence-corrected chi connectivity index (χ2v) is 5.68. The van der Waals surface area contributed by atoms with Crippen molar-refractivity contribution in [3.05, 3.63) is 60.4 Å². The van der Waals surface area contributed by atoms with E-state index in [2.05, 4.69) is 4.98 Å². The molecule has 0 N–H and O–H groups in total. The molecule has 5 nitrogen and oxygen atoms in total.